The van der Waals surface area contributed by atoms with Crippen molar-refractivity contribution in [1.29, 1.82) is 0 Å². The molecule has 128 valence electrons. The fourth-order valence-electron chi connectivity index (χ4n) is 1.85. The first-order valence-electron chi connectivity index (χ1n) is 7.22. The van der Waals surface area contributed by atoms with E-state index in [9.17, 15) is 15.2 Å². The van der Waals surface area contributed by atoms with Gasteiger partial charge in [-0.25, -0.2) is 4.79 Å². The van der Waals surface area contributed by atoms with Crippen LogP contribution in [0.15, 0.2) is 30.1 Å². The van der Waals surface area contributed by atoms with E-state index < -0.39 is 10.9 Å². The van der Waals surface area contributed by atoms with E-state index in [1.807, 2.05) is 13.8 Å². The van der Waals surface area contributed by atoms with Crippen molar-refractivity contribution in [3.8, 4) is 5.75 Å². The Morgan fingerprint density at radius 2 is 2.09 bits per heavy atom. The summed E-state index contributed by atoms with van der Waals surface area (Å²) in [4.78, 5) is 9.36. The van der Waals surface area contributed by atoms with Crippen LogP contribution in [-0.2, 0) is 0 Å². The highest BCUT2D eigenvalue weighted by atomic mass is 16.9. The van der Waals surface area contributed by atoms with Gasteiger partial charge in [0, 0.05) is 12.1 Å². The Labute approximate surface area is 135 Å². The average Bonchev–Trinajstić information content (AvgIpc) is 2.51. The van der Waals surface area contributed by atoms with Gasteiger partial charge in [-0.3, -0.25) is 0 Å². The van der Waals surface area contributed by atoms with Gasteiger partial charge in [0.05, 0.1) is 17.6 Å². The monoisotopic (exact) mass is 326 g/mol. The topological polar surface area (TPSA) is 111 Å². The molecule has 0 radical (unpaired) electrons. The molecule has 0 aliphatic carbocycles. The molecule has 0 fully saturated rings. The fourth-order valence-corrected chi connectivity index (χ4v) is 1.85. The number of carboxylic acids is 1. The van der Waals surface area contributed by atoms with Crippen LogP contribution in [0.2, 0.25) is 0 Å². The van der Waals surface area contributed by atoms with Crippen molar-refractivity contribution in [3.05, 3.63) is 35.7 Å². The maximum Gasteiger partial charge on any atom is 0.335 e. The van der Waals surface area contributed by atoms with Crippen LogP contribution in [-0.4, -0.2) is 39.6 Å². The average molecular weight is 326 g/mol. The lowest BCUT2D eigenvalue weighted by Gasteiger charge is -2.26. The standard InChI is InChI=1S/C15H23N3O5/c1-5-10(3)16-14(6-2)18(21,22)17-12-8-7-11(15(19)20)9-13(12)23-4/h6-10,16-17,21-22H,5H2,1-4H3/p+1/b14-6+. The molecule has 5 N–H and O–H groups in total. The maximum atomic E-state index is 11.0. The number of methoxy groups -OCH3 is 1. The van der Waals surface area contributed by atoms with Crippen LogP contribution in [0.5, 0.6) is 5.75 Å². The Morgan fingerprint density at radius 1 is 1.43 bits per heavy atom. The molecule has 1 rings (SSSR count). The first-order valence-corrected chi connectivity index (χ1v) is 7.22. The molecule has 1 aromatic carbocycles. The molecular weight excluding hydrogens is 302 g/mol. The highest BCUT2D eigenvalue weighted by molar-refractivity contribution is 5.89. The van der Waals surface area contributed by atoms with E-state index in [1.165, 1.54) is 31.4 Å². The molecule has 0 aliphatic heterocycles. The van der Waals surface area contributed by atoms with Gasteiger partial charge < -0.3 is 15.2 Å². The number of hydrogen-bond acceptors (Lipinski definition) is 6. The molecule has 1 unspecified atom stereocenters. The number of quaternary nitrogens is 1. The van der Waals surface area contributed by atoms with Crippen LogP contribution < -0.4 is 15.5 Å². The molecule has 0 heterocycles. The first kappa shape index (κ1) is 18.8. The minimum Gasteiger partial charge on any atom is -0.494 e. The van der Waals surface area contributed by atoms with Gasteiger partial charge in [-0.2, -0.15) is 5.43 Å². The van der Waals surface area contributed by atoms with Crippen molar-refractivity contribution in [2.24, 2.45) is 0 Å². The molecular formula is C15H24N3O5+. The Morgan fingerprint density at radius 3 is 2.57 bits per heavy atom. The molecule has 0 saturated heterocycles. The second-order valence-electron chi connectivity index (χ2n) is 5.06. The number of anilines is 1. The van der Waals surface area contributed by atoms with Gasteiger partial charge in [0.2, 0.25) is 0 Å². The lowest BCUT2D eigenvalue weighted by molar-refractivity contribution is -1.21. The molecule has 0 spiro atoms. The second kappa shape index (κ2) is 7.82. The highest BCUT2D eigenvalue weighted by Crippen LogP contribution is 2.28. The number of carbonyl (C=O) groups is 1. The number of benzene rings is 1. The van der Waals surface area contributed by atoms with Crippen molar-refractivity contribution >= 4 is 11.7 Å². The predicted octanol–water partition coefficient (Wildman–Crippen LogP) is 2.56. The summed E-state index contributed by atoms with van der Waals surface area (Å²) in [5.74, 6) is -0.797. The molecule has 0 amide bonds. The molecule has 0 saturated carbocycles. The molecule has 0 bridgehead atoms. The molecule has 8 nitrogen and oxygen atoms in total. The van der Waals surface area contributed by atoms with E-state index in [2.05, 4.69) is 10.7 Å². The Kier molecular flexibility index (Phi) is 6.38. The highest BCUT2D eigenvalue weighted by Gasteiger charge is 2.32. The summed E-state index contributed by atoms with van der Waals surface area (Å²) in [5.41, 5.74) is 2.75. The van der Waals surface area contributed by atoms with Gasteiger partial charge in [0.1, 0.15) is 11.4 Å². The fraction of sp³-hybridized carbons (Fsp3) is 0.400. The number of carboxylic acid groups (broad SMARTS) is 1. The Bertz CT molecular complexity index is 586. The molecule has 1 atom stereocenters. The lowest BCUT2D eigenvalue weighted by atomic mass is 10.2. The van der Waals surface area contributed by atoms with Gasteiger partial charge in [-0.05, 0) is 38.5 Å². The van der Waals surface area contributed by atoms with Crippen LogP contribution >= 0.6 is 0 Å². The van der Waals surface area contributed by atoms with E-state index in [4.69, 9.17) is 9.84 Å². The zero-order chi connectivity index (χ0) is 17.6. The number of aromatic carboxylic acids is 1. The molecule has 23 heavy (non-hydrogen) atoms. The number of allylic oxidation sites excluding steroid dienone is 1. The van der Waals surface area contributed by atoms with Crippen molar-refractivity contribution in [1.82, 2.24) is 5.32 Å². The second-order valence-corrected chi connectivity index (χ2v) is 5.06. The van der Waals surface area contributed by atoms with Crippen LogP contribution in [0.1, 0.15) is 37.6 Å². The van der Waals surface area contributed by atoms with Gasteiger partial charge in [0.15, 0.2) is 0 Å². The van der Waals surface area contributed by atoms with Gasteiger partial charge >= 0.3 is 5.97 Å². The van der Waals surface area contributed by atoms with E-state index in [-0.39, 0.29) is 28.9 Å². The number of nitrogens with one attached hydrogen (secondary N) is 2. The number of hydroxylamine groups is 2. The quantitative estimate of drug-likeness (QED) is 0.369. The summed E-state index contributed by atoms with van der Waals surface area (Å²) in [6, 6.07) is 4.07. The minimum atomic E-state index is -1.62. The Balaban J connectivity index is 3.06. The number of nitrogens with zero attached hydrogens (tertiary/aromatic N) is 1. The molecule has 8 heteroatoms. The SMILES string of the molecule is C/C=C(\NC(C)CC)[N+](O)(O)Nc1ccc(C(=O)O)cc1OC. The van der Waals surface area contributed by atoms with E-state index in [1.54, 1.807) is 6.92 Å². The predicted molar refractivity (Wildman–Crippen MR) is 84.1 cm³/mol. The number of rotatable bonds is 8. The van der Waals surface area contributed by atoms with Crippen molar-refractivity contribution in [3.63, 3.8) is 0 Å². The summed E-state index contributed by atoms with van der Waals surface area (Å²) in [6.45, 7) is 5.54. The van der Waals surface area contributed by atoms with Crippen molar-refractivity contribution in [2.75, 3.05) is 12.5 Å². The summed E-state index contributed by atoms with van der Waals surface area (Å²) in [7, 11) is 1.36. The summed E-state index contributed by atoms with van der Waals surface area (Å²) < 4.78 is 5.10. The van der Waals surface area contributed by atoms with Crippen LogP contribution in [0.4, 0.5) is 5.69 Å². The van der Waals surface area contributed by atoms with E-state index >= 15 is 0 Å². The largest absolute Gasteiger partial charge is 0.494 e. The first-order chi connectivity index (χ1) is 10.7. The van der Waals surface area contributed by atoms with E-state index in [0.717, 1.165) is 6.42 Å². The van der Waals surface area contributed by atoms with Crippen LogP contribution in [0, 0.1) is 0 Å². The lowest BCUT2D eigenvalue weighted by Crippen LogP contribution is -2.51. The third kappa shape index (κ3) is 4.85. The van der Waals surface area contributed by atoms with Gasteiger partial charge in [-0.15, -0.1) is 10.4 Å². The van der Waals surface area contributed by atoms with Gasteiger partial charge in [-0.1, -0.05) is 6.92 Å². The number of hydrogen-bond donors (Lipinski definition) is 5. The zero-order valence-corrected chi connectivity index (χ0v) is 13.7. The van der Waals surface area contributed by atoms with Crippen LogP contribution in [0.25, 0.3) is 0 Å². The molecule has 0 aromatic heterocycles. The van der Waals surface area contributed by atoms with Crippen LogP contribution in [0.3, 0.4) is 0 Å². The third-order valence-corrected chi connectivity index (χ3v) is 3.34. The zero-order valence-electron chi connectivity index (χ0n) is 13.7. The Hall–Kier alpha value is -2.29. The number of ether oxygens (including phenoxy) is 1. The third-order valence-electron chi connectivity index (χ3n) is 3.34. The summed E-state index contributed by atoms with van der Waals surface area (Å²) in [5, 5.41) is 32.5. The normalized spacial score (nSPS) is 13.4. The minimum absolute atomic E-state index is 0.0327. The van der Waals surface area contributed by atoms with Gasteiger partial charge in [0.25, 0.3) is 5.82 Å². The van der Waals surface area contributed by atoms with Crippen molar-refractivity contribution < 1.29 is 30.0 Å². The van der Waals surface area contributed by atoms with E-state index in [0.29, 0.717) is 0 Å². The maximum absolute atomic E-state index is 11.0. The molecule has 1 aromatic rings. The smallest absolute Gasteiger partial charge is 0.335 e. The molecule has 0 aliphatic rings. The summed E-state index contributed by atoms with van der Waals surface area (Å²) >= 11 is 0. The van der Waals surface area contributed by atoms with Crippen molar-refractivity contribution in [2.45, 2.75) is 33.2 Å². The summed E-state index contributed by atoms with van der Waals surface area (Å²) in [6.07, 6.45) is 2.32.